The first kappa shape index (κ1) is 27.0. The van der Waals surface area contributed by atoms with Crippen molar-refractivity contribution in [1.82, 2.24) is 14.6 Å². The lowest BCUT2D eigenvalue weighted by molar-refractivity contribution is -0.385. The van der Waals surface area contributed by atoms with Gasteiger partial charge in [-0.2, -0.15) is 9.78 Å². The Morgan fingerprint density at radius 2 is 1.89 bits per heavy atom. The summed E-state index contributed by atoms with van der Waals surface area (Å²) in [4.78, 5) is 43.1. The summed E-state index contributed by atoms with van der Waals surface area (Å²) >= 11 is 6.65. The van der Waals surface area contributed by atoms with E-state index in [1.165, 1.54) is 35.2 Å². The van der Waals surface area contributed by atoms with Gasteiger partial charge >= 0.3 is 5.69 Å². The van der Waals surface area contributed by atoms with Gasteiger partial charge in [0.15, 0.2) is 0 Å². The second-order valence-corrected chi connectivity index (χ2v) is 9.75. The second kappa shape index (κ2) is 11.6. The summed E-state index contributed by atoms with van der Waals surface area (Å²) in [6, 6.07) is 10.4. The van der Waals surface area contributed by atoms with Crippen LogP contribution >= 0.6 is 31.9 Å². The van der Waals surface area contributed by atoms with Crippen LogP contribution in [-0.2, 0) is 6.42 Å². The molecule has 0 amide bonds. The van der Waals surface area contributed by atoms with Crippen LogP contribution in [0.3, 0.4) is 0 Å². The largest absolute Gasteiger partial charge is 0.431 e. The van der Waals surface area contributed by atoms with E-state index in [-0.39, 0.29) is 27.3 Å². The van der Waals surface area contributed by atoms with Crippen molar-refractivity contribution in [1.29, 1.82) is 0 Å². The first-order chi connectivity index (χ1) is 18.2. The number of nitro groups is 2. The van der Waals surface area contributed by atoms with Crippen molar-refractivity contribution in [3.63, 3.8) is 0 Å². The summed E-state index contributed by atoms with van der Waals surface area (Å²) in [5.74, 6) is 0.258. The lowest BCUT2D eigenvalue weighted by Crippen LogP contribution is -2.22. The SMILES string of the molecule is CCCCc1nc2ccc(Br)cc2c(=O)n1N=Cc1cc(Br)c(Oc2ccc([N+](=O)[O-])cn2)c([N+](=O)[O-])c1. The van der Waals surface area contributed by atoms with Gasteiger partial charge in [0.2, 0.25) is 11.6 Å². The lowest BCUT2D eigenvalue weighted by Gasteiger charge is -2.10. The zero-order valence-corrected chi connectivity index (χ0v) is 22.9. The molecule has 0 saturated heterocycles. The molecule has 0 aliphatic heterocycles. The van der Waals surface area contributed by atoms with Gasteiger partial charge in [0.1, 0.15) is 12.0 Å². The van der Waals surface area contributed by atoms with Crippen molar-refractivity contribution in [2.75, 3.05) is 0 Å². The van der Waals surface area contributed by atoms with Crippen LogP contribution in [0.1, 0.15) is 31.2 Å². The smallest absolute Gasteiger partial charge is 0.313 e. The fourth-order valence-electron chi connectivity index (χ4n) is 3.49. The number of nitrogens with zero attached hydrogens (tertiary/aromatic N) is 6. The van der Waals surface area contributed by atoms with Gasteiger partial charge in [-0.25, -0.2) is 9.97 Å². The third-order valence-corrected chi connectivity index (χ3v) is 6.42. The molecule has 0 spiro atoms. The molecule has 0 unspecified atom stereocenters. The number of aromatic nitrogens is 3. The van der Waals surface area contributed by atoms with Crippen molar-refractivity contribution in [2.24, 2.45) is 5.10 Å². The zero-order chi connectivity index (χ0) is 27.4. The molecule has 0 fully saturated rings. The number of rotatable bonds is 9. The molecule has 0 aliphatic carbocycles. The topological polar surface area (TPSA) is 156 Å². The number of halogens is 2. The standard InChI is InChI=1S/C24H18Br2N6O6/c1-2-3-4-21-29-19-7-5-15(25)11-17(19)24(33)30(21)28-12-14-9-18(26)23(20(10-14)32(36)37)38-22-8-6-16(13-27-22)31(34)35/h5-13H,2-4H2,1H3. The Bertz CT molecular complexity index is 1640. The quantitative estimate of drug-likeness (QED) is 0.119. The molecule has 0 aliphatic rings. The number of nitro benzene ring substituents is 1. The van der Waals surface area contributed by atoms with Crippen LogP contribution < -0.4 is 10.3 Å². The minimum atomic E-state index is -0.642. The van der Waals surface area contributed by atoms with Gasteiger partial charge in [-0.15, -0.1) is 0 Å². The maximum Gasteiger partial charge on any atom is 0.313 e. The summed E-state index contributed by atoms with van der Waals surface area (Å²) in [5, 5.41) is 27.4. The summed E-state index contributed by atoms with van der Waals surface area (Å²) in [7, 11) is 0. The van der Waals surface area contributed by atoms with E-state index in [0.29, 0.717) is 28.7 Å². The summed E-state index contributed by atoms with van der Waals surface area (Å²) < 4.78 is 7.70. The second-order valence-electron chi connectivity index (χ2n) is 7.98. The summed E-state index contributed by atoms with van der Waals surface area (Å²) in [5.41, 5.74) is -0.149. The first-order valence-electron chi connectivity index (χ1n) is 11.2. The molecule has 0 bridgehead atoms. The van der Waals surface area contributed by atoms with Crippen LogP contribution in [0.4, 0.5) is 11.4 Å². The molecule has 38 heavy (non-hydrogen) atoms. The number of unbranched alkanes of at least 4 members (excludes halogenated alkanes) is 1. The molecule has 0 saturated carbocycles. The highest BCUT2D eigenvalue weighted by molar-refractivity contribution is 9.10. The molecule has 4 rings (SSSR count). The van der Waals surface area contributed by atoms with Crippen LogP contribution in [-0.4, -0.2) is 30.7 Å². The highest BCUT2D eigenvalue weighted by Gasteiger charge is 2.22. The molecular weight excluding hydrogens is 628 g/mol. The molecule has 0 atom stereocenters. The van der Waals surface area contributed by atoms with Crippen LogP contribution in [0, 0.1) is 20.2 Å². The van der Waals surface area contributed by atoms with Gasteiger partial charge in [-0.1, -0.05) is 29.3 Å². The molecule has 0 N–H and O–H groups in total. The van der Waals surface area contributed by atoms with Crippen molar-refractivity contribution < 1.29 is 14.6 Å². The Balaban J connectivity index is 1.74. The van der Waals surface area contributed by atoms with Crippen LogP contribution in [0.2, 0.25) is 0 Å². The average molecular weight is 646 g/mol. The Morgan fingerprint density at radius 3 is 2.55 bits per heavy atom. The van der Waals surface area contributed by atoms with E-state index in [1.54, 1.807) is 18.2 Å². The van der Waals surface area contributed by atoms with E-state index in [2.05, 4.69) is 46.9 Å². The molecule has 4 aromatic rings. The number of ether oxygens (including phenoxy) is 1. The van der Waals surface area contributed by atoms with Gasteiger partial charge in [0.05, 0.1) is 31.4 Å². The van der Waals surface area contributed by atoms with Crippen molar-refractivity contribution in [3.8, 4) is 11.6 Å². The van der Waals surface area contributed by atoms with Crippen LogP contribution in [0.15, 0.2) is 67.5 Å². The predicted octanol–water partition coefficient (Wildman–Crippen LogP) is 6.15. The van der Waals surface area contributed by atoms with Crippen LogP contribution in [0.25, 0.3) is 10.9 Å². The maximum atomic E-state index is 13.3. The van der Waals surface area contributed by atoms with Gasteiger partial charge in [-0.3, -0.25) is 25.0 Å². The number of hydrogen-bond acceptors (Lipinski definition) is 9. The van der Waals surface area contributed by atoms with Gasteiger partial charge < -0.3 is 4.74 Å². The number of benzene rings is 2. The molecule has 194 valence electrons. The van der Waals surface area contributed by atoms with E-state index < -0.39 is 15.5 Å². The molecule has 12 nitrogen and oxygen atoms in total. The van der Waals surface area contributed by atoms with Crippen molar-refractivity contribution in [2.45, 2.75) is 26.2 Å². The van der Waals surface area contributed by atoms with E-state index >= 15 is 0 Å². The normalized spacial score (nSPS) is 11.2. The number of hydrogen-bond donors (Lipinski definition) is 0. The minimum Gasteiger partial charge on any atom is -0.431 e. The molecule has 2 heterocycles. The number of pyridine rings is 1. The fourth-order valence-corrected chi connectivity index (χ4v) is 4.40. The molecule has 2 aromatic heterocycles. The Labute approximate surface area is 231 Å². The van der Waals surface area contributed by atoms with E-state index in [0.717, 1.165) is 23.5 Å². The highest BCUT2D eigenvalue weighted by atomic mass is 79.9. The average Bonchev–Trinajstić information content (AvgIpc) is 2.88. The minimum absolute atomic E-state index is 0.0682. The molecule has 14 heteroatoms. The summed E-state index contributed by atoms with van der Waals surface area (Å²) in [6.07, 6.45) is 4.52. The van der Waals surface area contributed by atoms with E-state index in [4.69, 9.17) is 4.74 Å². The summed E-state index contributed by atoms with van der Waals surface area (Å²) in [6.45, 7) is 2.02. The van der Waals surface area contributed by atoms with E-state index in [1.807, 2.05) is 6.92 Å². The monoisotopic (exact) mass is 644 g/mol. The lowest BCUT2D eigenvalue weighted by atomic mass is 10.2. The van der Waals surface area contributed by atoms with Crippen molar-refractivity contribution >= 4 is 60.4 Å². The Kier molecular flexibility index (Phi) is 8.22. The number of fused-ring (bicyclic) bond motifs is 1. The zero-order valence-electron chi connectivity index (χ0n) is 19.7. The number of aryl methyl sites for hydroxylation is 1. The fraction of sp³-hybridized carbons (Fsp3) is 0.167. The van der Waals surface area contributed by atoms with Gasteiger partial charge in [-0.05, 0) is 46.6 Å². The predicted molar refractivity (Wildman–Crippen MR) is 147 cm³/mol. The van der Waals surface area contributed by atoms with Crippen LogP contribution in [0.5, 0.6) is 11.6 Å². The first-order valence-corrected chi connectivity index (χ1v) is 12.8. The molecule has 2 aromatic carbocycles. The third kappa shape index (κ3) is 5.92. The molecular formula is C24H18Br2N6O6. The van der Waals surface area contributed by atoms with Crippen molar-refractivity contribution in [3.05, 3.63) is 99.6 Å². The van der Waals surface area contributed by atoms with E-state index in [9.17, 15) is 25.0 Å². The van der Waals surface area contributed by atoms with Gasteiger partial charge in [0.25, 0.3) is 11.2 Å². The maximum absolute atomic E-state index is 13.3. The highest BCUT2D eigenvalue weighted by Crippen LogP contribution is 2.38. The Morgan fingerprint density at radius 1 is 1.11 bits per heavy atom. The van der Waals surface area contributed by atoms with Gasteiger partial charge in [0, 0.05) is 34.7 Å². The Hall–Kier alpha value is -4.04. The molecule has 0 radical (unpaired) electrons. The third-order valence-electron chi connectivity index (χ3n) is 5.33.